The second kappa shape index (κ2) is 7.38. The second-order valence-electron chi connectivity index (χ2n) is 6.40. The van der Waals surface area contributed by atoms with Gasteiger partial charge in [-0.1, -0.05) is 12.1 Å². The van der Waals surface area contributed by atoms with Gasteiger partial charge in [-0.25, -0.2) is 4.79 Å². The van der Waals surface area contributed by atoms with Crippen molar-refractivity contribution in [3.8, 4) is 0 Å². The number of hydrogen-bond donors (Lipinski definition) is 3. The highest BCUT2D eigenvalue weighted by atomic mass is 16.4. The summed E-state index contributed by atoms with van der Waals surface area (Å²) < 4.78 is 0. The number of aromatic amines is 2. The predicted molar refractivity (Wildman–Crippen MR) is 93.3 cm³/mol. The molecule has 0 spiro atoms. The Bertz CT molecular complexity index is 946. The van der Waals surface area contributed by atoms with Gasteiger partial charge >= 0.3 is 5.97 Å². The number of carboxylic acid groups (broad SMARTS) is 1. The maximum atomic E-state index is 12.5. The molecule has 1 unspecified atom stereocenters. The van der Waals surface area contributed by atoms with Crippen LogP contribution in [0.3, 0.4) is 0 Å². The van der Waals surface area contributed by atoms with E-state index in [0.29, 0.717) is 13.1 Å². The SMILES string of the molecule is O=C(O)c1cccc(C2CCCN(C(=O)Cc3cc(=O)[nH][nH]c3=O)C2)c1. The van der Waals surface area contributed by atoms with Gasteiger partial charge in [0.25, 0.3) is 11.1 Å². The van der Waals surface area contributed by atoms with E-state index in [9.17, 15) is 19.2 Å². The second-order valence-corrected chi connectivity index (χ2v) is 6.40. The maximum Gasteiger partial charge on any atom is 0.335 e. The lowest BCUT2D eigenvalue weighted by atomic mass is 9.89. The largest absolute Gasteiger partial charge is 0.478 e. The molecule has 1 fully saturated rings. The van der Waals surface area contributed by atoms with Crippen LogP contribution in [0.1, 0.15) is 40.2 Å². The van der Waals surface area contributed by atoms with E-state index in [0.717, 1.165) is 24.5 Å². The first-order valence-electron chi connectivity index (χ1n) is 8.36. The highest BCUT2D eigenvalue weighted by Crippen LogP contribution is 2.27. The molecule has 1 aromatic carbocycles. The summed E-state index contributed by atoms with van der Waals surface area (Å²) in [5.74, 6) is -1.16. The zero-order valence-electron chi connectivity index (χ0n) is 14.0. The minimum absolute atomic E-state index is 0.0458. The molecule has 136 valence electrons. The van der Waals surface area contributed by atoms with E-state index in [1.54, 1.807) is 17.0 Å². The fourth-order valence-corrected chi connectivity index (χ4v) is 3.27. The number of hydrogen-bond acceptors (Lipinski definition) is 4. The van der Waals surface area contributed by atoms with Crippen molar-refractivity contribution in [3.63, 3.8) is 0 Å². The van der Waals surface area contributed by atoms with Crippen LogP contribution < -0.4 is 11.1 Å². The predicted octanol–water partition coefficient (Wildman–Crippen LogP) is 0.710. The third kappa shape index (κ3) is 3.90. The summed E-state index contributed by atoms with van der Waals surface area (Å²) >= 11 is 0. The van der Waals surface area contributed by atoms with Crippen molar-refractivity contribution in [1.82, 2.24) is 15.1 Å². The molecule has 1 aliphatic rings. The quantitative estimate of drug-likeness (QED) is 0.743. The fourth-order valence-electron chi connectivity index (χ4n) is 3.27. The minimum atomic E-state index is -0.982. The van der Waals surface area contributed by atoms with Crippen LogP contribution in [0.15, 0.2) is 39.9 Å². The Labute approximate surface area is 148 Å². The molecule has 8 heteroatoms. The summed E-state index contributed by atoms with van der Waals surface area (Å²) in [6, 6.07) is 7.88. The van der Waals surface area contributed by atoms with Crippen LogP contribution in [-0.2, 0) is 11.2 Å². The average Bonchev–Trinajstić information content (AvgIpc) is 2.65. The molecular weight excluding hydrogens is 338 g/mol. The van der Waals surface area contributed by atoms with Gasteiger partial charge in [-0.05, 0) is 30.5 Å². The zero-order chi connectivity index (χ0) is 18.7. The van der Waals surface area contributed by atoms with Crippen LogP contribution in [0.4, 0.5) is 0 Å². The van der Waals surface area contributed by atoms with Gasteiger partial charge in [0.05, 0.1) is 12.0 Å². The Kier molecular flexibility index (Phi) is 5.01. The Morgan fingerprint density at radius 3 is 2.77 bits per heavy atom. The number of rotatable bonds is 4. The summed E-state index contributed by atoms with van der Waals surface area (Å²) in [5, 5.41) is 13.5. The number of amides is 1. The molecule has 1 aromatic heterocycles. The minimum Gasteiger partial charge on any atom is -0.478 e. The van der Waals surface area contributed by atoms with Crippen LogP contribution in [0.25, 0.3) is 0 Å². The molecule has 0 saturated carbocycles. The first-order valence-corrected chi connectivity index (χ1v) is 8.36. The van der Waals surface area contributed by atoms with Crippen LogP contribution >= 0.6 is 0 Å². The molecule has 0 aliphatic carbocycles. The number of benzene rings is 1. The van der Waals surface area contributed by atoms with E-state index >= 15 is 0 Å². The maximum absolute atomic E-state index is 12.5. The molecule has 0 radical (unpaired) electrons. The number of likely N-dealkylation sites (tertiary alicyclic amines) is 1. The van der Waals surface area contributed by atoms with Crippen molar-refractivity contribution in [1.29, 1.82) is 0 Å². The number of nitrogens with one attached hydrogen (secondary N) is 2. The lowest BCUT2D eigenvalue weighted by molar-refractivity contribution is -0.131. The van der Waals surface area contributed by atoms with Gasteiger partial charge < -0.3 is 10.0 Å². The highest BCUT2D eigenvalue weighted by Gasteiger charge is 2.25. The first kappa shape index (κ1) is 17.7. The molecule has 1 amide bonds. The van der Waals surface area contributed by atoms with E-state index in [2.05, 4.69) is 10.2 Å². The average molecular weight is 357 g/mol. The fraction of sp³-hybridized carbons (Fsp3) is 0.333. The normalized spacial score (nSPS) is 17.1. The van der Waals surface area contributed by atoms with Gasteiger partial charge in [0.15, 0.2) is 0 Å². The molecule has 0 bridgehead atoms. The molecule has 1 aliphatic heterocycles. The van der Waals surface area contributed by atoms with E-state index < -0.39 is 17.1 Å². The van der Waals surface area contributed by atoms with Crippen molar-refractivity contribution in [3.05, 3.63) is 67.7 Å². The Morgan fingerprint density at radius 1 is 1.19 bits per heavy atom. The zero-order valence-corrected chi connectivity index (χ0v) is 14.0. The number of carbonyl (C=O) groups excluding carboxylic acids is 1. The van der Waals surface area contributed by atoms with E-state index in [1.165, 1.54) is 6.07 Å². The monoisotopic (exact) mass is 357 g/mol. The van der Waals surface area contributed by atoms with Crippen LogP contribution in [0.2, 0.25) is 0 Å². The third-order valence-corrected chi connectivity index (χ3v) is 4.62. The molecule has 3 N–H and O–H groups in total. The topological polar surface area (TPSA) is 123 Å². The van der Waals surface area contributed by atoms with Crippen LogP contribution in [0, 0.1) is 0 Å². The summed E-state index contributed by atoms with van der Waals surface area (Å²) in [6.07, 6.45) is 1.51. The lowest BCUT2D eigenvalue weighted by Crippen LogP contribution is -2.41. The van der Waals surface area contributed by atoms with Crippen molar-refractivity contribution >= 4 is 11.9 Å². The van der Waals surface area contributed by atoms with E-state index in [4.69, 9.17) is 5.11 Å². The lowest BCUT2D eigenvalue weighted by Gasteiger charge is -2.33. The molecule has 2 heterocycles. The smallest absolute Gasteiger partial charge is 0.335 e. The van der Waals surface area contributed by atoms with Crippen molar-refractivity contribution in [2.45, 2.75) is 25.2 Å². The third-order valence-electron chi connectivity index (χ3n) is 4.62. The van der Waals surface area contributed by atoms with Crippen LogP contribution in [-0.4, -0.2) is 45.2 Å². The van der Waals surface area contributed by atoms with Crippen LogP contribution in [0.5, 0.6) is 0 Å². The van der Waals surface area contributed by atoms with Crippen molar-refractivity contribution in [2.75, 3.05) is 13.1 Å². The Morgan fingerprint density at radius 2 is 2.00 bits per heavy atom. The molecule has 2 aromatic rings. The molecule has 26 heavy (non-hydrogen) atoms. The number of aromatic nitrogens is 2. The molecule has 1 atom stereocenters. The molecule has 3 rings (SSSR count). The highest BCUT2D eigenvalue weighted by molar-refractivity contribution is 5.87. The summed E-state index contributed by atoms with van der Waals surface area (Å²) in [5.41, 5.74) is 0.293. The van der Waals surface area contributed by atoms with Crippen molar-refractivity contribution < 1.29 is 14.7 Å². The first-order chi connectivity index (χ1) is 12.4. The number of carboxylic acids is 1. The number of carbonyl (C=O) groups is 2. The Hall–Kier alpha value is -3.16. The molecular formula is C18H19N3O5. The van der Waals surface area contributed by atoms with Crippen molar-refractivity contribution in [2.24, 2.45) is 0 Å². The van der Waals surface area contributed by atoms with Gasteiger partial charge in [0.2, 0.25) is 5.91 Å². The summed E-state index contributed by atoms with van der Waals surface area (Å²) in [6.45, 7) is 1.04. The van der Waals surface area contributed by atoms with Gasteiger partial charge in [-0.2, -0.15) is 0 Å². The number of nitrogens with zero attached hydrogens (tertiary/aromatic N) is 1. The Balaban J connectivity index is 1.74. The van der Waals surface area contributed by atoms with E-state index in [1.807, 2.05) is 6.07 Å². The molecule has 8 nitrogen and oxygen atoms in total. The van der Waals surface area contributed by atoms with Gasteiger partial charge in [-0.3, -0.25) is 24.6 Å². The van der Waals surface area contributed by atoms with E-state index in [-0.39, 0.29) is 29.4 Å². The number of aromatic carboxylic acids is 1. The van der Waals surface area contributed by atoms with Gasteiger partial charge in [0.1, 0.15) is 0 Å². The summed E-state index contributed by atoms with van der Waals surface area (Å²) in [7, 11) is 0. The summed E-state index contributed by atoms with van der Waals surface area (Å²) in [4.78, 5) is 48.4. The molecule has 1 saturated heterocycles. The number of H-pyrrole nitrogens is 2. The standard InChI is InChI=1S/C18H19N3O5/c22-15-8-14(17(24)20-19-15)9-16(23)21-6-2-5-13(10-21)11-3-1-4-12(7-11)18(25)26/h1,3-4,7-8,13H,2,5-6,9-10H2,(H,19,22)(H,20,24)(H,25,26). The van der Waals surface area contributed by atoms with Gasteiger partial charge in [0, 0.05) is 30.6 Å². The van der Waals surface area contributed by atoms with Gasteiger partial charge in [-0.15, -0.1) is 0 Å². The number of piperidine rings is 1.